The molecule has 1 amide bonds. The third kappa shape index (κ3) is 4.45. The number of hydrogen-bond acceptors (Lipinski definition) is 3. The molecule has 1 saturated heterocycles. The van der Waals surface area contributed by atoms with Gasteiger partial charge >= 0.3 is 0 Å². The molecule has 0 spiro atoms. The average molecular weight is 391 g/mol. The number of nitrogens with two attached hydrogens (primary N) is 1. The lowest BCUT2D eigenvalue weighted by Gasteiger charge is -2.42. The van der Waals surface area contributed by atoms with Crippen molar-refractivity contribution in [2.24, 2.45) is 11.7 Å². The van der Waals surface area contributed by atoms with E-state index in [1.54, 1.807) is 12.1 Å². The minimum atomic E-state index is -0.453. The Hall–Kier alpha value is -0.880. The van der Waals surface area contributed by atoms with E-state index in [-0.39, 0.29) is 35.4 Å². The van der Waals surface area contributed by atoms with Crippen molar-refractivity contribution in [3.63, 3.8) is 0 Å². The SMILES string of the molecule is CC1(N)CCCCC1C(=O)N1CCOC(c2ccc(F)c(Cl)c2)C1.Cl. The molecule has 4 nitrogen and oxygen atoms in total. The van der Waals surface area contributed by atoms with Gasteiger partial charge in [0.05, 0.1) is 24.1 Å². The van der Waals surface area contributed by atoms with Gasteiger partial charge in [-0.2, -0.15) is 0 Å². The molecule has 2 N–H and O–H groups in total. The van der Waals surface area contributed by atoms with Crippen molar-refractivity contribution in [3.05, 3.63) is 34.6 Å². The van der Waals surface area contributed by atoms with E-state index in [0.717, 1.165) is 31.2 Å². The number of morpholine rings is 1. The van der Waals surface area contributed by atoms with E-state index < -0.39 is 11.4 Å². The van der Waals surface area contributed by atoms with Crippen LogP contribution in [0, 0.1) is 11.7 Å². The lowest BCUT2D eigenvalue weighted by atomic mass is 9.74. The second-order valence-electron chi connectivity index (χ2n) is 7.12. The first-order valence-corrected chi connectivity index (χ1v) is 8.90. The summed E-state index contributed by atoms with van der Waals surface area (Å²) in [7, 11) is 0. The van der Waals surface area contributed by atoms with Crippen LogP contribution in [0.1, 0.15) is 44.3 Å². The van der Waals surface area contributed by atoms with E-state index in [4.69, 9.17) is 22.1 Å². The predicted molar refractivity (Wildman–Crippen MR) is 98.5 cm³/mol. The maximum absolute atomic E-state index is 13.3. The molecule has 0 radical (unpaired) electrons. The molecule has 3 atom stereocenters. The van der Waals surface area contributed by atoms with Gasteiger partial charge in [0, 0.05) is 12.1 Å². The first-order valence-electron chi connectivity index (χ1n) is 8.53. The Morgan fingerprint density at radius 3 is 2.88 bits per heavy atom. The number of benzene rings is 1. The van der Waals surface area contributed by atoms with Crippen LogP contribution in [-0.2, 0) is 9.53 Å². The van der Waals surface area contributed by atoms with Crippen molar-refractivity contribution in [2.75, 3.05) is 19.7 Å². The van der Waals surface area contributed by atoms with Crippen LogP contribution >= 0.6 is 24.0 Å². The molecule has 1 aromatic carbocycles. The summed E-state index contributed by atoms with van der Waals surface area (Å²) in [6.45, 7) is 3.45. The van der Waals surface area contributed by atoms with Crippen LogP contribution in [0.2, 0.25) is 5.02 Å². The molecule has 25 heavy (non-hydrogen) atoms. The van der Waals surface area contributed by atoms with Gasteiger partial charge in [-0.25, -0.2) is 4.39 Å². The Morgan fingerprint density at radius 1 is 1.44 bits per heavy atom. The van der Waals surface area contributed by atoms with Crippen molar-refractivity contribution in [1.82, 2.24) is 4.90 Å². The highest BCUT2D eigenvalue weighted by Crippen LogP contribution is 2.34. The Kier molecular flexibility index (Phi) is 6.71. The third-order valence-corrected chi connectivity index (χ3v) is 5.54. The first kappa shape index (κ1) is 20.4. The second kappa shape index (κ2) is 8.21. The van der Waals surface area contributed by atoms with Crippen LogP contribution in [0.3, 0.4) is 0 Å². The molecule has 1 aliphatic carbocycles. The maximum Gasteiger partial charge on any atom is 0.227 e. The molecule has 0 aromatic heterocycles. The average Bonchev–Trinajstić information content (AvgIpc) is 2.56. The fraction of sp³-hybridized carbons (Fsp3) is 0.611. The zero-order valence-electron chi connectivity index (χ0n) is 14.3. The third-order valence-electron chi connectivity index (χ3n) is 5.25. The van der Waals surface area contributed by atoms with E-state index >= 15 is 0 Å². The Bertz CT molecular complexity index is 627. The van der Waals surface area contributed by atoms with Gasteiger partial charge in [0.2, 0.25) is 5.91 Å². The number of halogens is 3. The molecule has 2 fully saturated rings. The van der Waals surface area contributed by atoms with Crippen LogP contribution in [-0.4, -0.2) is 36.0 Å². The van der Waals surface area contributed by atoms with E-state index in [2.05, 4.69) is 0 Å². The maximum atomic E-state index is 13.3. The molecule has 3 rings (SSSR count). The second-order valence-corrected chi connectivity index (χ2v) is 7.53. The van der Waals surface area contributed by atoms with Crippen molar-refractivity contribution in [1.29, 1.82) is 0 Å². The van der Waals surface area contributed by atoms with E-state index in [0.29, 0.717) is 19.7 Å². The summed E-state index contributed by atoms with van der Waals surface area (Å²) in [4.78, 5) is 14.8. The number of carbonyl (C=O) groups excluding carboxylic acids is 1. The van der Waals surface area contributed by atoms with Crippen molar-refractivity contribution in [2.45, 2.75) is 44.2 Å². The standard InChI is InChI=1S/C18H24ClFN2O2.ClH/c1-18(21)7-3-2-4-13(18)17(23)22-8-9-24-16(11-22)12-5-6-15(20)14(19)10-12;/h5-6,10,13,16H,2-4,7-9,11,21H2,1H3;1H. The number of amides is 1. The highest BCUT2D eigenvalue weighted by Gasteiger charge is 2.41. The largest absolute Gasteiger partial charge is 0.370 e. The monoisotopic (exact) mass is 390 g/mol. The summed E-state index contributed by atoms with van der Waals surface area (Å²) in [5, 5.41) is 0.0707. The van der Waals surface area contributed by atoms with Crippen molar-refractivity contribution in [3.8, 4) is 0 Å². The summed E-state index contributed by atoms with van der Waals surface area (Å²) in [5.41, 5.74) is 6.72. The molecule has 1 saturated carbocycles. The number of nitrogens with zero attached hydrogens (tertiary/aromatic N) is 1. The van der Waals surface area contributed by atoms with Crippen molar-refractivity contribution < 1.29 is 13.9 Å². The zero-order chi connectivity index (χ0) is 17.3. The van der Waals surface area contributed by atoms with Gasteiger partial charge in [-0.3, -0.25) is 4.79 Å². The summed E-state index contributed by atoms with van der Waals surface area (Å²) in [6.07, 6.45) is 3.57. The Morgan fingerprint density at radius 2 is 2.20 bits per heavy atom. The number of carbonyl (C=O) groups is 1. The highest BCUT2D eigenvalue weighted by molar-refractivity contribution is 6.30. The number of hydrogen-bond donors (Lipinski definition) is 1. The minimum absolute atomic E-state index is 0. The minimum Gasteiger partial charge on any atom is -0.370 e. The molecule has 2 aliphatic rings. The van der Waals surface area contributed by atoms with Crippen LogP contribution in [0.15, 0.2) is 18.2 Å². The van der Waals surface area contributed by atoms with E-state index in [1.807, 2.05) is 11.8 Å². The molecule has 1 aromatic rings. The van der Waals surface area contributed by atoms with Gasteiger partial charge in [0.15, 0.2) is 0 Å². The summed E-state index contributed by atoms with van der Waals surface area (Å²) in [5.74, 6) is -0.478. The summed E-state index contributed by atoms with van der Waals surface area (Å²) < 4.78 is 19.1. The molecular formula is C18H25Cl2FN2O2. The topological polar surface area (TPSA) is 55.6 Å². The lowest BCUT2D eigenvalue weighted by Crippen LogP contribution is -2.55. The summed E-state index contributed by atoms with van der Waals surface area (Å²) in [6, 6.07) is 4.57. The predicted octanol–water partition coefficient (Wildman–Crippen LogP) is 3.71. The van der Waals surface area contributed by atoms with Gasteiger partial charge in [-0.15, -0.1) is 12.4 Å². The van der Waals surface area contributed by atoms with E-state index in [9.17, 15) is 9.18 Å². The van der Waals surface area contributed by atoms with Gasteiger partial charge in [0.1, 0.15) is 11.9 Å². The summed E-state index contributed by atoms with van der Waals surface area (Å²) >= 11 is 5.86. The number of rotatable bonds is 2. The fourth-order valence-corrected chi connectivity index (χ4v) is 3.94. The number of ether oxygens (including phenoxy) is 1. The Labute approximate surface area is 159 Å². The van der Waals surface area contributed by atoms with Crippen LogP contribution in [0.25, 0.3) is 0 Å². The molecule has 1 heterocycles. The molecule has 0 bridgehead atoms. The van der Waals surface area contributed by atoms with Gasteiger partial charge < -0.3 is 15.4 Å². The van der Waals surface area contributed by atoms with Crippen LogP contribution < -0.4 is 5.73 Å². The van der Waals surface area contributed by atoms with E-state index in [1.165, 1.54) is 6.07 Å². The normalized spacial score (nSPS) is 29.8. The van der Waals surface area contributed by atoms with Crippen LogP contribution in [0.4, 0.5) is 4.39 Å². The fourth-order valence-electron chi connectivity index (χ4n) is 3.75. The molecular weight excluding hydrogens is 366 g/mol. The quantitative estimate of drug-likeness (QED) is 0.836. The molecule has 3 unspecified atom stereocenters. The highest BCUT2D eigenvalue weighted by atomic mass is 35.5. The van der Waals surface area contributed by atoms with Gasteiger partial charge in [-0.1, -0.05) is 30.5 Å². The smallest absolute Gasteiger partial charge is 0.227 e. The zero-order valence-corrected chi connectivity index (χ0v) is 15.9. The molecule has 140 valence electrons. The van der Waals surface area contributed by atoms with Gasteiger partial charge in [0.25, 0.3) is 0 Å². The lowest BCUT2D eigenvalue weighted by molar-refractivity contribution is -0.146. The Balaban J connectivity index is 0.00000225. The molecule has 1 aliphatic heterocycles. The molecule has 7 heteroatoms. The van der Waals surface area contributed by atoms with Crippen molar-refractivity contribution >= 4 is 29.9 Å². The first-order chi connectivity index (χ1) is 11.4. The van der Waals surface area contributed by atoms with Crippen LogP contribution in [0.5, 0.6) is 0 Å². The van der Waals surface area contributed by atoms with Gasteiger partial charge in [-0.05, 0) is 37.5 Å².